The van der Waals surface area contributed by atoms with Crippen LogP contribution < -0.4 is 14.2 Å². The zero-order valence-electron chi connectivity index (χ0n) is 17.3. The zero-order chi connectivity index (χ0) is 22.6. The lowest BCUT2D eigenvalue weighted by atomic mass is 10.1. The number of carbonyl (C=O) groups is 1. The van der Waals surface area contributed by atoms with E-state index in [0.29, 0.717) is 57.4 Å². The number of ether oxygens (including phenoxy) is 3. The van der Waals surface area contributed by atoms with E-state index in [1.807, 2.05) is 18.2 Å². The lowest BCUT2D eigenvalue weighted by molar-refractivity contribution is -0.274. The first kappa shape index (κ1) is 22.0. The van der Waals surface area contributed by atoms with Gasteiger partial charge in [0.25, 0.3) is 0 Å². The lowest BCUT2D eigenvalue weighted by Gasteiger charge is -2.34. The molecule has 6 nitrogen and oxygen atoms in total. The standard InChI is InChI=1S/C23H23F3N2O4/c24-23(25,26)32-19-5-1-18(2-6-19)16-27-9-11-28(12-10-27)22(29)8-4-17-3-7-20-21(15-17)31-14-13-30-20/h1-8,15H,9-14,16H2/b8-4+. The Bertz CT molecular complexity index is 968. The number of fused-ring (bicyclic) bond motifs is 1. The fourth-order valence-corrected chi connectivity index (χ4v) is 3.62. The Labute approximate surface area is 183 Å². The maximum Gasteiger partial charge on any atom is 0.573 e. The van der Waals surface area contributed by atoms with E-state index in [2.05, 4.69) is 9.64 Å². The van der Waals surface area contributed by atoms with Crippen molar-refractivity contribution in [2.75, 3.05) is 39.4 Å². The second-order valence-corrected chi connectivity index (χ2v) is 7.53. The van der Waals surface area contributed by atoms with Crippen LogP contribution in [0.15, 0.2) is 48.5 Å². The van der Waals surface area contributed by atoms with Gasteiger partial charge in [-0.1, -0.05) is 18.2 Å². The molecule has 2 aromatic rings. The number of benzene rings is 2. The molecule has 0 unspecified atom stereocenters. The Morgan fingerprint density at radius 1 is 0.969 bits per heavy atom. The minimum atomic E-state index is -4.69. The van der Waals surface area contributed by atoms with Crippen molar-refractivity contribution in [3.05, 3.63) is 59.7 Å². The number of rotatable bonds is 5. The molecule has 0 aromatic heterocycles. The van der Waals surface area contributed by atoms with Crippen molar-refractivity contribution in [3.8, 4) is 17.2 Å². The predicted molar refractivity (Wildman–Crippen MR) is 111 cm³/mol. The average molecular weight is 448 g/mol. The summed E-state index contributed by atoms with van der Waals surface area (Å²) in [6, 6.07) is 11.4. The van der Waals surface area contributed by atoms with Crippen LogP contribution in [0.2, 0.25) is 0 Å². The summed E-state index contributed by atoms with van der Waals surface area (Å²) in [6.07, 6.45) is -1.38. The van der Waals surface area contributed by atoms with E-state index < -0.39 is 6.36 Å². The van der Waals surface area contributed by atoms with Crippen LogP contribution in [0, 0.1) is 0 Å². The molecule has 170 valence electrons. The highest BCUT2D eigenvalue weighted by molar-refractivity contribution is 5.92. The smallest absolute Gasteiger partial charge is 0.486 e. The molecule has 0 atom stereocenters. The summed E-state index contributed by atoms with van der Waals surface area (Å²) in [5.74, 6) is 1.09. The van der Waals surface area contributed by atoms with Crippen LogP contribution in [0.3, 0.4) is 0 Å². The van der Waals surface area contributed by atoms with Gasteiger partial charge in [-0.25, -0.2) is 0 Å². The van der Waals surface area contributed by atoms with Gasteiger partial charge in [-0.05, 0) is 41.5 Å². The van der Waals surface area contributed by atoms with E-state index in [1.54, 1.807) is 29.2 Å². The molecule has 2 heterocycles. The highest BCUT2D eigenvalue weighted by atomic mass is 19.4. The first-order valence-corrected chi connectivity index (χ1v) is 10.3. The van der Waals surface area contributed by atoms with Crippen LogP contribution in [0.5, 0.6) is 17.2 Å². The van der Waals surface area contributed by atoms with Crippen molar-refractivity contribution in [3.63, 3.8) is 0 Å². The highest BCUT2D eigenvalue weighted by Crippen LogP contribution is 2.31. The van der Waals surface area contributed by atoms with Crippen molar-refractivity contribution in [1.29, 1.82) is 0 Å². The highest BCUT2D eigenvalue weighted by Gasteiger charge is 2.31. The predicted octanol–water partition coefficient (Wildman–Crippen LogP) is 3.71. The molecule has 0 spiro atoms. The van der Waals surface area contributed by atoms with Gasteiger partial charge in [-0.3, -0.25) is 9.69 Å². The number of piperazine rings is 1. The number of nitrogens with zero attached hydrogens (tertiary/aromatic N) is 2. The topological polar surface area (TPSA) is 51.2 Å². The van der Waals surface area contributed by atoms with Gasteiger partial charge in [-0.2, -0.15) is 0 Å². The van der Waals surface area contributed by atoms with Crippen LogP contribution in [0.4, 0.5) is 13.2 Å². The van der Waals surface area contributed by atoms with E-state index >= 15 is 0 Å². The number of hydrogen-bond donors (Lipinski definition) is 0. The molecule has 1 fully saturated rings. The van der Waals surface area contributed by atoms with E-state index in [-0.39, 0.29) is 11.7 Å². The molecule has 4 rings (SSSR count). The first-order chi connectivity index (χ1) is 15.4. The van der Waals surface area contributed by atoms with Gasteiger partial charge in [0, 0.05) is 38.8 Å². The molecule has 9 heteroatoms. The van der Waals surface area contributed by atoms with Crippen molar-refractivity contribution in [2.45, 2.75) is 12.9 Å². The van der Waals surface area contributed by atoms with Crippen LogP contribution in [0.25, 0.3) is 6.08 Å². The van der Waals surface area contributed by atoms with Crippen molar-refractivity contribution in [1.82, 2.24) is 9.80 Å². The normalized spacial score (nSPS) is 16.9. The van der Waals surface area contributed by atoms with E-state index in [4.69, 9.17) is 9.47 Å². The minimum Gasteiger partial charge on any atom is -0.486 e. The summed E-state index contributed by atoms with van der Waals surface area (Å²) in [5.41, 5.74) is 1.75. The van der Waals surface area contributed by atoms with Crippen molar-refractivity contribution < 1.29 is 32.2 Å². The van der Waals surface area contributed by atoms with E-state index in [1.165, 1.54) is 12.1 Å². The number of hydrogen-bond acceptors (Lipinski definition) is 5. The summed E-state index contributed by atoms with van der Waals surface area (Å²) in [4.78, 5) is 16.5. The monoisotopic (exact) mass is 448 g/mol. The van der Waals surface area contributed by atoms with Crippen LogP contribution in [-0.2, 0) is 11.3 Å². The van der Waals surface area contributed by atoms with Gasteiger partial charge in [0.1, 0.15) is 19.0 Å². The third-order valence-electron chi connectivity index (χ3n) is 5.23. The molecule has 2 aromatic carbocycles. The van der Waals surface area contributed by atoms with E-state index in [0.717, 1.165) is 11.1 Å². The van der Waals surface area contributed by atoms with Crippen LogP contribution in [-0.4, -0.2) is 61.5 Å². The Morgan fingerprint density at radius 2 is 1.66 bits per heavy atom. The number of amides is 1. The quantitative estimate of drug-likeness (QED) is 0.653. The van der Waals surface area contributed by atoms with Crippen LogP contribution in [0.1, 0.15) is 11.1 Å². The van der Waals surface area contributed by atoms with Gasteiger partial charge in [-0.15, -0.1) is 13.2 Å². The molecule has 32 heavy (non-hydrogen) atoms. The number of halogens is 3. The summed E-state index contributed by atoms with van der Waals surface area (Å²) >= 11 is 0. The second-order valence-electron chi connectivity index (χ2n) is 7.53. The molecule has 1 saturated heterocycles. The van der Waals surface area contributed by atoms with Gasteiger partial charge < -0.3 is 19.1 Å². The zero-order valence-corrected chi connectivity index (χ0v) is 17.3. The molecule has 0 bridgehead atoms. The maximum atomic E-state index is 12.5. The maximum absolute atomic E-state index is 12.5. The first-order valence-electron chi connectivity index (χ1n) is 10.3. The molecule has 0 aliphatic carbocycles. The molecule has 0 radical (unpaired) electrons. The SMILES string of the molecule is O=C(/C=C/c1ccc2c(c1)OCCO2)N1CCN(Cc2ccc(OC(F)(F)F)cc2)CC1. The second kappa shape index (κ2) is 9.52. The average Bonchev–Trinajstić information content (AvgIpc) is 2.78. The number of carbonyl (C=O) groups excluding carboxylic acids is 1. The van der Waals surface area contributed by atoms with Crippen molar-refractivity contribution >= 4 is 12.0 Å². The van der Waals surface area contributed by atoms with Gasteiger partial charge in [0.2, 0.25) is 5.91 Å². The summed E-state index contributed by atoms with van der Waals surface area (Å²) < 4.78 is 51.7. The molecule has 0 saturated carbocycles. The molecular weight excluding hydrogens is 425 g/mol. The van der Waals surface area contributed by atoms with Gasteiger partial charge in [0.05, 0.1) is 0 Å². The Hall–Kier alpha value is -3.20. The Balaban J connectivity index is 1.25. The third-order valence-corrected chi connectivity index (χ3v) is 5.23. The lowest BCUT2D eigenvalue weighted by Crippen LogP contribution is -2.47. The summed E-state index contributed by atoms with van der Waals surface area (Å²) in [7, 11) is 0. The molecular formula is C23H23F3N2O4. The molecule has 2 aliphatic rings. The summed E-state index contributed by atoms with van der Waals surface area (Å²) in [5, 5.41) is 0. The summed E-state index contributed by atoms with van der Waals surface area (Å²) in [6.45, 7) is 4.18. The van der Waals surface area contributed by atoms with Gasteiger partial charge >= 0.3 is 6.36 Å². The molecule has 0 N–H and O–H groups in total. The van der Waals surface area contributed by atoms with Gasteiger partial charge in [0.15, 0.2) is 11.5 Å². The minimum absolute atomic E-state index is 0.0619. The Kier molecular flexibility index (Phi) is 6.55. The van der Waals surface area contributed by atoms with Crippen molar-refractivity contribution in [2.24, 2.45) is 0 Å². The Morgan fingerprint density at radius 3 is 2.34 bits per heavy atom. The fourth-order valence-electron chi connectivity index (χ4n) is 3.62. The molecule has 2 aliphatic heterocycles. The van der Waals surface area contributed by atoms with E-state index in [9.17, 15) is 18.0 Å². The number of alkyl halides is 3. The largest absolute Gasteiger partial charge is 0.573 e. The van der Waals surface area contributed by atoms with Crippen LogP contribution >= 0.6 is 0 Å². The fraction of sp³-hybridized carbons (Fsp3) is 0.348. The molecule has 1 amide bonds. The third kappa shape index (κ3) is 5.94.